The summed E-state index contributed by atoms with van der Waals surface area (Å²) in [4.78, 5) is 22.9. The molecule has 118 valence electrons. The first-order valence-electron chi connectivity index (χ1n) is 7.59. The summed E-state index contributed by atoms with van der Waals surface area (Å²) in [5.41, 5.74) is -0.0464. The molecule has 1 heterocycles. The van der Waals surface area contributed by atoms with Gasteiger partial charge in [-0.25, -0.2) is 0 Å². The number of benzene rings is 1. The summed E-state index contributed by atoms with van der Waals surface area (Å²) in [7, 11) is 0. The number of carboxylic acids is 1. The van der Waals surface area contributed by atoms with E-state index in [2.05, 4.69) is 0 Å². The zero-order valence-corrected chi connectivity index (χ0v) is 12.7. The Kier molecular flexibility index (Phi) is 5.58. The molecule has 5 nitrogen and oxygen atoms in total. The van der Waals surface area contributed by atoms with Crippen molar-refractivity contribution in [3.05, 3.63) is 40.8 Å². The van der Waals surface area contributed by atoms with E-state index < -0.39 is 5.97 Å². The predicted molar refractivity (Wildman–Crippen MR) is 85.5 cm³/mol. The smallest absolute Gasteiger partial charge is 0.303 e. The Labute approximate surface area is 129 Å². The molecule has 2 rings (SSSR count). The second-order valence-electron chi connectivity index (χ2n) is 5.26. The van der Waals surface area contributed by atoms with Gasteiger partial charge in [0.15, 0.2) is 0 Å². The van der Waals surface area contributed by atoms with Gasteiger partial charge >= 0.3 is 5.97 Å². The molecule has 0 atom stereocenters. The number of rotatable bonds is 8. The van der Waals surface area contributed by atoms with Gasteiger partial charge in [0.25, 0.3) is 5.56 Å². The largest absolute Gasteiger partial charge is 0.494 e. The van der Waals surface area contributed by atoms with E-state index in [1.165, 1.54) is 0 Å². The molecule has 0 amide bonds. The topological polar surface area (TPSA) is 68.5 Å². The van der Waals surface area contributed by atoms with Gasteiger partial charge in [0, 0.05) is 24.5 Å². The van der Waals surface area contributed by atoms with Gasteiger partial charge in [0.05, 0.1) is 6.61 Å². The first kappa shape index (κ1) is 16.1. The van der Waals surface area contributed by atoms with Gasteiger partial charge in [-0.3, -0.25) is 9.59 Å². The summed E-state index contributed by atoms with van der Waals surface area (Å²) in [6.07, 6.45) is 4.09. The van der Waals surface area contributed by atoms with Gasteiger partial charge in [-0.15, -0.1) is 0 Å². The Morgan fingerprint density at radius 2 is 2.09 bits per heavy atom. The van der Waals surface area contributed by atoms with Crippen LogP contribution >= 0.6 is 0 Å². The first-order chi connectivity index (χ1) is 10.6. The molecule has 2 aromatic rings. The molecular weight excluding hydrogens is 282 g/mol. The highest BCUT2D eigenvalue weighted by Crippen LogP contribution is 2.18. The second kappa shape index (κ2) is 7.64. The minimum atomic E-state index is -0.800. The van der Waals surface area contributed by atoms with Gasteiger partial charge in [-0.05, 0) is 48.9 Å². The second-order valence-corrected chi connectivity index (χ2v) is 5.26. The van der Waals surface area contributed by atoms with Gasteiger partial charge in [0.1, 0.15) is 5.75 Å². The number of carbonyl (C=O) groups is 1. The number of unbranched alkanes of at least 4 members (excludes halogenated alkanes) is 1. The SMILES string of the molecule is CCCOc1ccc2c(=O)n(CCCCC(=O)O)ccc2c1. The molecule has 1 aromatic carbocycles. The number of aryl methyl sites for hydroxylation is 1. The lowest BCUT2D eigenvalue weighted by atomic mass is 10.1. The van der Waals surface area contributed by atoms with Crippen molar-refractivity contribution in [3.63, 3.8) is 0 Å². The fourth-order valence-electron chi connectivity index (χ4n) is 2.31. The monoisotopic (exact) mass is 303 g/mol. The van der Waals surface area contributed by atoms with Crippen molar-refractivity contribution in [2.45, 2.75) is 39.2 Å². The Bertz CT molecular complexity index is 705. The Hall–Kier alpha value is -2.30. The number of ether oxygens (including phenoxy) is 1. The molecule has 1 aromatic heterocycles. The van der Waals surface area contributed by atoms with Crippen molar-refractivity contribution in [1.82, 2.24) is 4.57 Å². The van der Waals surface area contributed by atoms with Crippen molar-refractivity contribution in [2.24, 2.45) is 0 Å². The maximum atomic E-state index is 12.4. The van der Waals surface area contributed by atoms with Crippen LogP contribution in [0.25, 0.3) is 10.8 Å². The van der Waals surface area contributed by atoms with E-state index in [-0.39, 0.29) is 12.0 Å². The Morgan fingerprint density at radius 3 is 2.82 bits per heavy atom. The number of aromatic nitrogens is 1. The van der Waals surface area contributed by atoms with E-state index in [0.29, 0.717) is 31.4 Å². The van der Waals surface area contributed by atoms with Gasteiger partial charge in [0.2, 0.25) is 0 Å². The standard InChI is InChI=1S/C17H21NO4/c1-2-11-22-14-6-7-15-13(12-14)8-10-18(17(15)21)9-4-3-5-16(19)20/h6-8,10,12H,2-5,9,11H2,1H3,(H,19,20). The lowest BCUT2D eigenvalue weighted by Gasteiger charge is -2.09. The normalized spacial score (nSPS) is 10.8. The van der Waals surface area contributed by atoms with Crippen LogP contribution in [0, 0.1) is 0 Å². The summed E-state index contributed by atoms with van der Waals surface area (Å²) >= 11 is 0. The maximum Gasteiger partial charge on any atom is 0.303 e. The zero-order chi connectivity index (χ0) is 15.9. The van der Waals surface area contributed by atoms with Crippen LogP contribution in [0.1, 0.15) is 32.6 Å². The third-order valence-electron chi connectivity index (χ3n) is 3.46. The summed E-state index contributed by atoms with van der Waals surface area (Å²) in [5, 5.41) is 10.1. The lowest BCUT2D eigenvalue weighted by Crippen LogP contribution is -2.19. The van der Waals surface area contributed by atoms with Gasteiger partial charge < -0.3 is 14.4 Å². The number of nitrogens with zero attached hydrogens (tertiary/aromatic N) is 1. The summed E-state index contributed by atoms with van der Waals surface area (Å²) in [5.74, 6) is -0.0292. The van der Waals surface area contributed by atoms with Crippen molar-refractivity contribution in [2.75, 3.05) is 6.61 Å². The van der Waals surface area contributed by atoms with Crippen molar-refractivity contribution in [1.29, 1.82) is 0 Å². The minimum absolute atomic E-state index is 0.0464. The van der Waals surface area contributed by atoms with Crippen molar-refractivity contribution < 1.29 is 14.6 Å². The molecular formula is C17H21NO4. The fraction of sp³-hybridized carbons (Fsp3) is 0.412. The molecule has 22 heavy (non-hydrogen) atoms. The van der Waals surface area contributed by atoms with E-state index in [9.17, 15) is 9.59 Å². The van der Waals surface area contributed by atoms with Crippen LogP contribution in [-0.2, 0) is 11.3 Å². The fourth-order valence-corrected chi connectivity index (χ4v) is 2.31. The Morgan fingerprint density at radius 1 is 1.27 bits per heavy atom. The zero-order valence-electron chi connectivity index (χ0n) is 12.7. The van der Waals surface area contributed by atoms with Crippen molar-refractivity contribution in [3.8, 4) is 5.75 Å². The van der Waals surface area contributed by atoms with E-state index >= 15 is 0 Å². The average Bonchev–Trinajstić information content (AvgIpc) is 2.51. The van der Waals surface area contributed by atoms with E-state index in [1.807, 2.05) is 25.1 Å². The number of hydrogen-bond donors (Lipinski definition) is 1. The highest BCUT2D eigenvalue weighted by Gasteiger charge is 2.05. The maximum absolute atomic E-state index is 12.4. The molecule has 5 heteroatoms. The summed E-state index contributed by atoms with van der Waals surface area (Å²) < 4.78 is 7.21. The van der Waals surface area contributed by atoms with Gasteiger partial charge in [-0.2, -0.15) is 0 Å². The van der Waals surface area contributed by atoms with Crippen LogP contribution < -0.4 is 10.3 Å². The van der Waals surface area contributed by atoms with Crippen molar-refractivity contribution >= 4 is 16.7 Å². The molecule has 0 spiro atoms. The highest BCUT2D eigenvalue weighted by atomic mass is 16.5. The quantitative estimate of drug-likeness (QED) is 0.761. The molecule has 0 radical (unpaired) electrons. The molecule has 0 saturated carbocycles. The Balaban J connectivity index is 2.12. The van der Waals surface area contributed by atoms with Crippen LogP contribution in [0.15, 0.2) is 35.3 Å². The van der Waals surface area contributed by atoms with Crippen LogP contribution in [0.5, 0.6) is 5.75 Å². The predicted octanol–water partition coefficient (Wildman–Crippen LogP) is 3.05. The summed E-state index contributed by atoms with van der Waals surface area (Å²) in [6.45, 7) is 3.24. The summed E-state index contributed by atoms with van der Waals surface area (Å²) in [6, 6.07) is 7.37. The molecule has 0 aliphatic heterocycles. The minimum Gasteiger partial charge on any atom is -0.494 e. The number of hydrogen-bond acceptors (Lipinski definition) is 3. The van der Waals surface area contributed by atoms with Crippen LogP contribution in [0.2, 0.25) is 0 Å². The lowest BCUT2D eigenvalue weighted by molar-refractivity contribution is -0.137. The number of carboxylic acid groups (broad SMARTS) is 1. The molecule has 0 saturated heterocycles. The molecule has 0 bridgehead atoms. The molecule has 1 N–H and O–H groups in total. The third-order valence-corrected chi connectivity index (χ3v) is 3.46. The van der Waals surface area contributed by atoms with Gasteiger partial charge in [-0.1, -0.05) is 6.92 Å². The van der Waals surface area contributed by atoms with Crippen LogP contribution in [-0.4, -0.2) is 22.2 Å². The molecule has 0 aliphatic carbocycles. The number of fused-ring (bicyclic) bond motifs is 1. The van der Waals surface area contributed by atoms with E-state index in [0.717, 1.165) is 17.6 Å². The molecule has 0 unspecified atom stereocenters. The first-order valence-corrected chi connectivity index (χ1v) is 7.59. The third kappa shape index (κ3) is 4.10. The number of aliphatic carboxylic acids is 1. The molecule has 0 fully saturated rings. The van der Waals surface area contributed by atoms with Crippen LogP contribution in [0.4, 0.5) is 0 Å². The van der Waals surface area contributed by atoms with E-state index in [1.54, 1.807) is 16.8 Å². The molecule has 0 aliphatic rings. The highest BCUT2D eigenvalue weighted by molar-refractivity contribution is 5.82. The number of pyridine rings is 1. The van der Waals surface area contributed by atoms with Crippen LogP contribution in [0.3, 0.4) is 0 Å². The average molecular weight is 303 g/mol. The van der Waals surface area contributed by atoms with E-state index in [4.69, 9.17) is 9.84 Å².